The number of thiol groups is 2. The van der Waals surface area contributed by atoms with E-state index in [0.717, 1.165) is 17.4 Å². The van der Waals surface area contributed by atoms with Crippen LogP contribution >= 0.6 is 119 Å². The Morgan fingerprint density at radius 2 is 1.32 bits per heavy atom. The summed E-state index contributed by atoms with van der Waals surface area (Å²) in [4.78, 5) is 0. The molecule has 0 fully saturated rings. The van der Waals surface area contributed by atoms with E-state index in [1.807, 2.05) is 5.75 Å². The van der Waals surface area contributed by atoms with Crippen LogP contribution in [0, 0.1) is 10.3 Å². The van der Waals surface area contributed by atoms with Gasteiger partial charge in [-0.05, 0) is 12.8 Å². The maximum atomic E-state index is 6.11. The Kier molecular flexibility index (Phi) is 18.1. The van der Waals surface area contributed by atoms with Crippen LogP contribution < -0.4 is 0 Å². The first-order valence-electron chi connectivity index (χ1n) is 7.92. The average molecular weight is 575 g/mol. The van der Waals surface area contributed by atoms with E-state index in [1.165, 1.54) is 0 Å². The van der Waals surface area contributed by atoms with Crippen molar-refractivity contribution in [1.82, 2.24) is 0 Å². The van der Waals surface area contributed by atoms with E-state index in [4.69, 9.17) is 59.0 Å². The Morgan fingerprint density at radius 3 is 1.71 bits per heavy atom. The van der Waals surface area contributed by atoms with Gasteiger partial charge >= 0.3 is 0 Å². The molecule has 1 unspecified atom stereocenters. The van der Waals surface area contributed by atoms with E-state index in [-0.39, 0.29) is 5.25 Å². The third kappa shape index (κ3) is 12.9. The van der Waals surface area contributed by atoms with Crippen LogP contribution in [0.2, 0.25) is 0 Å². The van der Waals surface area contributed by atoms with Crippen molar-refractivity contribution in [2.45, 2.75) is 22.2 Å². The topological polar surface area (TPSA) is 0 Å². The SMILES string of the molecule is C=C(Cl)CS[C](S)C(SCC(=C)Cl)(SCC(=C)Cl)C(CC[CH]S)SCC(=C)Cl. The van der Waals surface area contributed by atoms with E-state index >= 15 is 0 Å². The molecule has 0 aliphatic carbocycles. The standard InChI is InChI=1S/C18H24Cl4S6/c1-12(19)8-25-16(6-5-7-23)18(27-10-14(3)21,28-11-15(4)22)17(24)26-9-13(2)20/h7,16,23-24H,1-6,8-11H2. The molecule has 0 aromatic heterocycles. The molecule has 0 bridgehead atoms. The first-order chi connectivity index (χ1) is 13.0. The van der Waals surface area contributed by atoms with Crippen molar-refractivity contribution >= 4 is 119 Å². The lowest BCUT2D eigenvalue weighted by molar-refractivity contribution is 0.747. The maximum Gasteiger partial charge on any atom is 0.109 e. The second kappa shape index (κ2) is 16.8. The summed E-state index contributed by atoms with van der Waals surface area (Å²) < 4.78 is 0.473. The highest BCUT2D eigenvalue weighted by molar-refractivity contribution is 8.24. The molecule has 0 aromatic carbocycles. The van der Waals surface area contributed by atoms with Gasteiger partial charge < -0.3 is 0 Å². The zero-order valence-corrected chi connectivity index (χ0v) is 23.3. The first-order valence-corrected chi connectivity index (χ1v) is 14.4. The summed E-state index contributed by atoms with van der Waals surface area (Å²) in [5.41, 5.74) is 0. The van der Waals surface area contributed by atoms with Crippen molar-refractivity contribution in [3.8, 4) is 0 Å². The van der Waals surface area contributed by atoms with Crippen LogP contribution in [0.5, 0.6) is 0 Å². The molecule has 28 heavy (non-hydrogen) atoms. The highest BCUT2D eigenvalue weighted by Crippen LogP contribution is 2.58. The Bertz CT molecular complexity index is 522. The molecule has 0 heterocycles. The van der Waals surface area contributed by atoms with Crippen LogP contribution in [-0.4, -0.2) is 32.3 Å². The summed E-state index contributed by atoms with van der Waals surface area (Å²) in [5, 5.41) is 2.43. The normalized spacial score (nSPS) is 12.8. The summed E-state index contributed by atoms with van der Waals surface area (Å²) in [6.45, 7) is 15.3. The fourth-order valence-corrected chi connectivity index (χ4v) is 9.10. The highest BCUT2D eigenvalue weighted by atomic mass is 35.5. The largest absolute Gasteiger partial charge is 0.175 e. The Balaban J connectivity index is 5.96. The van der Waals surface area contributed by atoms with Crippen molar-refractivity contribution in [2.75, 3.05) is 23.0 Å². The van der Waals surface area contributed by atoms with Crippen LogP contribution in [0.25, 0.3) is 0 Å². The second-order valence-corrected chi connectivity index (χ2v) is 13.6. The molecule has 0 nitrogen and oxygen atoms in total. The molecule has 0 saturated heterocycles. The Morgan fingerprint density at radius 1 is 0.857 bits per heavy atom. The molecule has 0 aromatic rings. The Hall–Kier alpha value is 2.22. The van der Waals surface area contributed by atoms with Crippen molar-refractivity contribution in [3.63, 3.8) is 0 Å². The van der Waals surface area contributed by atoms with Crippen molar-refractivity contribution in [1.29, 1.82) is 0 Å². The molecule has 1 atom stereocenters. The minimum absolute atomic E-state index is 0.136. The van der Waals surface area contributed by atoms with Crippen molar-refractivity contribution < 1.29 is 0 Å². The average Bonchev–Trinajstić information content (AvgIpc) is 2.60. The van der Waals surface area contributed by atoms with Gasteiger partial charge in [0.15, 0.2) is 0 Å². The zero-order chi connectivity index (χ0) is 21.7. The van der Waals surface area contributed by atoms with Gasteiger partial charge in [0, 0.05) is 54.1 Å². The zero-order valence-electron chi connectivity index (χ0n) is 15.3. The van der Waals surface area contributed by atoms with Crippen LogP contribution in [0.15, 0.2) is 46.4 Å². The minimum Gasteiger partial charge on any atom is -0.175 e. The molecule has 2 radical (unpaired) electrons. The van der Waals surface area contributed by atoms with E-state index in [9.17, 15) is 0 Å². The summed E-state index contributed by atoms with van der Waals surface area (Å²) in [7, 11) is 0. The highest BCUT2D eigenvalue weighted by Gasteiger charge is 2.46. The van der Waals surface area contributed by atoms with E-state index < -0.39 is 4.08 Å². The monoisotopic (exact) mass is 572 g/mol. The van der Waals surface area contributed by atoms with E-state index in [0.29, 0.717) is 43.1 Å². The van der Waals surface area contributed by atoms with Gasteiger partial charge in [0.25, 0.3) is 0 Å². The van der Waals surface area contributed by atoms with Crippen molar-refractivity contribution in [2.24, 2.45) is 0 Å². The fraction of sp³-hybridized carbons (Fsp3) is 0.444. The van der Waals surface area contributed by atoms with Gasteiger partial charge in [-0.1, -0.05) is 72.7 Å². The van der Waals surface area contributed by atoms with Gasteiger partial charge in [0.2, 0.25) is 0 Å². The number of rotatable bonds is 17. The van der Waals surface area contributed by atoms with Crippen molar-refractivity contribution in [3.05, 3.63) is 56.8 Å². The summed E-state index contributed by atoms with van der Waals surface area (Å²) in [5.74, 6) is 4.18. The number of thioether (sulfide) groups is 4. The molecular formula is C18H24Cl4S6. The van der Waals surface area contributed by atoms with E-state index in [2.05, 4.69) is 38.9 Å². The van der Waals surface area contributed by atoms with Crippen LogP contribution in [-0.2, 0) is 0 Å². The summed E-state index contributed by atoms with van der Waals surface area (Å²) >= 11 is 40.1. The summed E-state index contributed by atoms with van der Waals surface area (Å²) in [6.07, 6.45) is 1.70. The number of hydrogen-bond donors (Lipinski definition) is 2. The predicted octanol–water partition coefficient (Wildman–Crippen LogP) is 9.29. The first kappa shape index (κ1) is 30.2. The molecular weight excluding hydrogens is 550 g/mol. The summed E-state index contributed by atoms with van der Waals surface area (Å²) in [6, 6.07) is 0. The van der Waals surface area contributed by atoms with Crippen LogP contribution in [0.3, 0.4) is 0 Å². The maximum absolute atomic E-state index is 6.11. The lowest BCUT2D eigenvalue weighted by Gasteiger charge is -2.43. The van der Waals surface area contributed by atoms with Gasteiger partial charge in [0.05, 0.1) is 4.08 Å². The number of hydrogen-bond acceptors (Lipinski definition) is 6. The Labute approximate surface area is 218 Å². The molecule has 0 aliphatic rings. The van der Waals surface area contributed by atoms with Crippen LogP contribution in [0.4, 0.5) is 0 Å². The van der Waals surface area contributed by atoms with Gasteiger partial charge in [-0.3, -0.25) is 0 Å². The molecule has 0 aliphatic heterocycles. The smallest absolute Gasteiger partial charge is 0.109 e. The minimum atomic E-state index is -0.441. The van der Waals surface area contributed by atoms with Gasteiger partial charge in [0.1, 0.15) is 4.58 Å². The molecule has 160 valence electrons. The lowest BCUT2D eigenvalue weighted by atomic mass is 10.2. The molecule has 0 rings (SSSR count). The molecule has 0 N–H and O–H groups in total. The molecule has 0 saturated carbocycles. The molecule has 10 heteroatoms. The third-order valence-electron chi connectivity index (χ3n) is 2.97. The quantitative estimate of drug-likeness (QED) is 0.131. The van der Waals surface area contributed by atoms with Gasteiger partial charge in [-0.15, -0.1) is 35.3 Å². The van der Waals surface area contributed by atoms with E-state index in [1.54, 1.807) is 47.0 Å². The molecule has 0 amide bonds. The fourth-order valence-electron chi connectivity index (χ4n) is 1.91. The van der Waals surface area contributed by atoms with Crippen LogP contribution in [0.1, 0.15) is 12.8 Å². The predicted molar refractivity (Wildman–Crippen MR) is 151 cm³/mol. The lowest BCUT2D eigenvalue weighted by Crippen LogP contribution is -2.38. The van der Waals surface area contributed by atoms with Gasteiger partial charge in [-0.2, -0.15) is 37.0 Å². The third-order valence-corrected chi connectivity index (χ3v) is 12.1. The van der Waals surface area contributed by atoms with Gasteiger partial charge in [-0.25, -0.2) is 0 Å². The second-order valence-electron chi connectivity index (χ2n) is 5.47. The molecule has 0 spiro atoms. The number of halogens is 4.